The highest BCUT2D eigenvalue weighted by Crippen LogP contribution is 2.11. The van der Waals surface area contributed by atoms with Gasteiger partial charge in [0.05, 0.1) is 79.3 Å². The maximum absolute atomic E-state index is 11.8. The smallest absolute Gasteiger partial charge is 0.410 e. The fraction of sp³-hybridized carbons (Fsp3) is 0.938. The number of hydrogen-bond donors (Lipinski definition) is 0. The SMILES string of the molecule is CCCCCCCCCCCC(=O)OCCOCCOCCOCCOCCOCCOCCN(C)C(=O)OC(C)(C)C. The minimum atomic E-state index is -0.508. The number of carbonyl (C=O) groups excluding carboxylic acids is 2. The van der Waals surface area contributed by atoms with E-state index in [-0.39, 0.29) is 18.7 Å². The molecule has 0 radical (unpaired) electrons. The molecular formula is C32H63NO10. The number of carbonyl (C=O) groups is 2. The summed E-state index contributed by atoms with van der Waals surface area (Å²) in [6, 6.07) is 0. The molecule has 0 aliphatic heterocycles. The van der Waals surface area contributed by atoms with Crippen molar-refractivity contribution in [3.8, 4) is 0 Å². The van der Waals surface area contributed by atoms with Crippen molar-refractivity contribution in [2.75, 3.05) is 99.5 Å². The molecule has 11 nitrogen and oxygen atoms in total. The van der Waals surface area contributed by atoms with Gasteiger partial charge in [-0.1, -0.05) is 58.3 Å². The molecule has 1 amide bonds. The Kier molecular flexibility index (Phi) is 29.5. The highest BCUT2D eigenvalue weighted by Gasteiger charge is 2.19. The van der Waals surface area contributed by atoms with Crippen molar-refractivity contribution >= 4 is 12.1 Å². The van der Waals surface area contributed by atoms with Gasteiger partial charge in [0.15, 0.2) is 0 Å². The Bertz CT molecular complexity index is 630. The van der Waals surface area contributed by atoms with E-state index >= 15 is 0 Å². The van der Waals surface area contributed by atoms with Gasteiger partial charge in [0.2, 0.25) is 0 Å². The number of unbranched alkanes of at least 4 members (excludes halogenated alkanes) is 8. The van der Waals surface area contributed by atoms with E-state index in [0.29, 0.717) is 92.2 Å². The van der Waals surface area contributed by atoms with Gasteiger partial charge in [-0.25, -0.2) is 4.79 Å². The molecular weight excluding hydrogens is 558 g/mol. The molecule has 0 spiro atoms. The second-order valence-electron chi connectivity index (χ2n) is 11.4. The predicted molar refractivity (Wildman–Crippen MR) is 167 cm³/mol. The number of hydrogen-bond acceptors (Lipinski definition) is 10. The van der Waals surface area contributed by atoms with Crippen molar-refractivity contribution in [2.24, 2.45) is 0 Å². The van der Waals surface area contributed by atoms with Crippen molar-refractivity contribution in [3.05, 3.63) is 0 Å². The lowest BCUT2D eigenvalue weighted by Gasteiger charge is -2.24. The Morgan fingerprint density at radius 1 is 0.535 bits per heavy atom. The molecule has 0 bridgehead atoms. The number of esters is 1. The summed E-state index contributed by atoms with van der Waals surface area (Å²) in [4.78, 5) is 25.1. The topological polar surface area (TPSA) is 111 Å². The number of rotatable bonds is 31. The van der Waals surface area contributed by atoms with Crippen LogP contribution in [-0.2, 0) is 42.7 Å². The van der Waals surface area contributed by atoms with E-state index < -0.39 is 5.60 Å². The molecule has 0 unspecified atom stereocenters. The first kappa shape index (κ1) is 41.5. The van der Waals surface area contributed by atoms with Crippen molar-refractivity contribution in [1.29, 1.82) is 0 Å². The van der Waals surface area contributed by atoms with Gasteiger partial charge in [0.25, 0.3) is 0 Å². The molecule has 0 N–H and O–H groups in total. The Hall–Kier alpha value is -1.50. The second-order valence-corrected chi connectivity index (χ2v) is 11.4. The average Bonchev–Trinajstić information content (AvgIpc) is 2.96. The molecule has 0 atom stereocenters. The van der Waals surface area contributed by atoms with Crippen LogP contribution in [0, 0.1) is 0 Å². The van der Waals surface area contributed by atoms with Crippen LogP contribution in [0.15, 0.2) is 0 Å². The molecule has 11 heteroatoms. The highest BCUT2D eigenvalue weighted by molar-refractivity contribution is 5.69. The van der Waals surface area contributed by atoms with E-state index in [0.717, 1.165) is 12.8 Å². The second kappa shape index (κ2) is 30.5. The van der Waals surface area contributed by atoms with Gasteiger partial charge in [-0.05, 0) is 27.2 Å². The molecule has 0 aromatic carbocycles. The van der Waals surface area contributed by atoms with Crippen LogP contribution in [0.4, 0.5) is 4.79 Å². The Balaban J connectivity index is 3.23. The van der Waals surface area contributed by atoms with Crippen LogP contribution in [0.1, 0.15) is 91.9 Å². The minimum Gasteiger partial charge on any atom is -0.463 e. The van der Waals surface area contributed by atoms with Crippen LogP contribution < -0.4 is 0 Å². The first-order chi connectivity index (χ1) is 20.8. The first-order valence-corrected chi connectivity index (χ1v) is 16.3. The van der Waals surface area contributed by atoms with Crippen LogP contribution in [0.25, 0.3) is 0 Å². The van der Waals surface area contributed by atoms with E-state index in [4.69, 9.17) is 37.9 Å². The van der Waals surface area contributed by atoms with Gasteiger partial charge in [0, 0.05) is 20.0 Å². The summed E-state index contributed by atoms with van der Waals surface area (Å²) in [5.41, 5.74) is -0.508. The maximum Gasteiger partial charge on any atom is 0.410 e. The Labute approximate surface area is 261 Å². The van der Waals surface area contributed by atoms with Crippen molar-refractivity contribution in [3.63, 3.8) is 0 Å². The molecule has 0 aliphatic carbocycles. The minimum absolute atomic E-state index is 0.139. The zero-order valence-electron chi connectivity index (χ0n) is 28.0. The summed E-state index contributed by atoms with van der Waals surface area (Å²) in [5, 5.41) is 0. The third kappa shape index (κ3) is 33.2. The lowest BCUT2D eigenvalue weighted by molar-refractivity contribution is -0.145. The molecule has 0 aromatic rings. The Morgan fingerprint density at radius 3 is 1.33 bits per heavy atom. The zero-order chi connectivity index (χ0) is 31.9. The summed E-state index contributed by atoms with van der Waals surface area (Å²) < 4.78 is 43.2. The third-order valence-corrected chi connectivity index (χ3v) is 6.11. The van der Waals surface area contributed by atoms with Crippen molar-refractivity contribution in [1.82, 2.24) is 4.90 Å². The lowest BCUT2D eigenvalue weighted by Crippen LogP contribution is -2.36. The molecule has 43 heavy (non-hydrogen) atoms. The molecule has 256 valence electrons. The number of likely N-dealkylation sites (N-methyl/N-ethyl adjacent to an activating group) is 1. The highest BCUT2D eigenvalue weighted by atomic mass is 16.6. The van der Waals surface area contributed by atoms with E-state index in [1.807, 2.05) is 20.8 Å². The van der Waals surface area contributed by atoms with Crippen LogP contribution in [0.3, 0.4) is 0 Å². The predicted octanol–water partition coefficient (Wildman–Crippen LogP) is 5.42. The van der Waals surface area contributed by atoms with Gasteiger partial charge >= 0.3 is 12.1 Å². The van der Waals surface area contributed by atoms with Gasteiger partial charge in [-0.3, -0.25) is 4.79 Å². The van der Waals surface area contributed by atoms with Gasteiger partial charge in [-0.2, -0.15) is 0 Å². The monoisotopic (exact) mass is 621 g/mol. The van der Waals surface area contributed by atoms with Crippen molar-refractivity contribution in [2.45, 2.75) is 97.5 Å². The summed E-state index contributed by atoms with van der Waals surface area (Å²) in [6.45, 7) is 14.0. The summed E-state index contributed by atoms with van der Waals surface area (Å²) in [6.07, 6.45) is 11.2. The maximum atomic E-state index is 11.8. The van der Waals surface area contributed by atoms with E-state index in [9.17, 15) is 9.59 Å². The molecule has 0 saturated carbocycles. The molecule has 0 rings (SSSR count). The normalized spacial score (nSPS) is 11.6. The molecule has 0 heterocycles. The zero-order valence-corrected chi connectivity index (χ0v) is 28.0. The van der Waals surface area contributed by atoms with Gasteiger partial charge < -0.3 is 42.8 Å². The fourth-order valence-corrected chi connectivity index (χ4v) is 3.70. The largest absolute Gasteiger partial charge is 0.463 e. The summed E-state index contributed by atoms with van der Waals surface area (Å²) >= 11 is 0. The standard InChI is InChI=1S/C32H63NO10/c1-6-7-8-9-10-11-12-13-14-15-30(34)42-29-28-41-27-26-40-25-24-39-23-22-38-21-20-37-19-18-36-17-16-33(5)31(35)43-32(2,3)4/h6-29H2,1-5H3. The number of amides is 1. The fourth-order valence-electron chi connectivity index (χ4n) is 3.70. The molecule has 0 saturated heterocycles. The molecule has 0 aromatic heterocycles. The van der Waals surface area contributed by atoms with Crippen molar-refractivity contribution < 1.29 is 47.5 Å². The third-order valence-electron chi connectivity index (χ3n) is 6.11. The van der Waals surface area contributed by atoms with Gasteiger partial charge in [-0.15, -0.1) is 0 Å². The molecule has 0 fully saturated rings. The number of ether oxygens (including phenoxy) is 8. The van der Waals surface area contributed by atoms with E-state index in [1.54, 1.807) is 7.05 Å². The quantitative estimate of drug-likeness (QED) is 0.0735. The van der Waals surface area contributed by atoms with Crippen LogP contribution in [-0.4, -0.2) is 122 Å². The van der Waals surface area contributed by atoms with E-state index in [2.05, 4.69) is 6.92 Å². The Morgan fingerprint density at radius 2 is 0.907 bits per heavy atom. The van der Waals surface area contributed by atoms with Crippen LogP contribution in [0.2, 0.25) is 0 Å². The summed E-state index contributed by atoms with van der Waals surface area (Å²) in [5.74, 6) is -0.139. The summed E-state index contributed by atoms with van der Waals surface area (Å²) in [7, 11) is 1.68. The first-order valence-electron chi connectivity index (χ1n) is 16.3. The van der Waals surface area contributed by atoms with Gasteiger partial charge in [0.1, 0.15) is 12.2 Å². The number of nitrogens with zero attached hydrogens (tertiary/aromatic N) is 1. The van der Waals surface area contributed by atoms with E-state index in [1.165, 1.54) is 49.8 Å². The van der Waals surface area contributed by atoms with Crippen LogP contribution in [0.5, 0.6) is 0 Å². The molecule has 0 aliphatic rings. The van der Waals surface area contributed by atoms with Crippen LogP contribution >= 0.6 is 0 Å². The average molecular weight is 622 g/mol. The lowest BCUT2D eigenvalue weighted by atomic mass is 10.1.